The molecule has 1 aromatic carbocycles. The first-order chi connectivity index (χ1) is 10.0. The molecule has 0 saturated heterocycles. The standard InChI is InChI=1S/C15H17N3O3/c1-3-17(13-7-5-4-6-8-13)14(19)11(2)18-10-12(9-16-18)15(20)21/h4-11H,3H2,1-2H3,(H,20,21). The molecule has 21 heavy (non-hydrogen) atoms. The van der Waals surface area contributed by atoms with Gasteiger partial charge in [0.1, 0.15) is 6.04 Å². The summed E-state index contributed by atoms with van der Waals surface area (Å²) in [7, 11) is 0. The first kappa shape index (κ1) is 14.8. The van der Waals surface area contributed by atoms with Crippen molar-refractivity contribution in [3.63, 3.8) is 0 Å². The Morgan fingerprint density at radius 3 is 2.52 bits per heavy atom. The topological polar surface area (TPSA) is 75.4 Å². The van der Waals surface area contributed by atoms with E-state index in [4.69, 9.17) is 5.11 Å². The molecule has 110 valence electrons. The van der Waals surface area contributed by atoms with Crippen molar-refractivity contribution in [1.82, 2.24) is 9.78 Å². The summed E-state index contributed by atoms with van der Waals surface area (Å²) in [5.41, 5.74) is 0.875. The summed E-state index contributed by atoms with van der Waals surface area (Å²) in [6.07, 6.45) is 2.61. The number of carbonyl (C=O) groups excluding carboxylic acids is 1. The lowest BCUT2D eigenvalue weighted by Crippen LogP contribution is -2.36. The van der Waals surface area contributed by atoms with Gasteiger partial charge in [-0.15, -0.1) is 0 Å². The van der Waals surface area contributed by atoms with Crippen molar-refractivity contribution in [3.05, 3.63) is 48.3 Å². The van der Waals surface area contributed by atoms with Gasteiger partial charge in [-0.05, 0) is 26.0 Å². The molecular formula is C15H17N3O3. The van der Waals surface area contributed by atoms with Crippen LogP contribution in [0.3, 0.4) is 0 Å². The molecule has 1 N–H and O–H groups in total. The Balaban J connectivity index is 2.22. The molecule has 0 aliphatic carbocycles. The van der Waals surface area contributed by atoms with E-state index in [2.05, 4.69) is 5.10 Å². The van der Waals surface area contributed by atoms with Gasteiger partial charge in [-0.3, -0.25) is 9.48 Å². The second-order valence-electron chi connectivity index (χ2n) is 4.61. The summed E-state index contributed by atoms with van der Waals surface area (Å²) < 4.78 is 1.37. The largest absolute Gasteiger partial charge is 0.478 e. The number of hydrogen-bond donors (Lipinski definition) is 1. The third-order valence-electron chi connectivity index (χ3n) is 3.25. The number of likely N-dealkylation sites (N-methyl/N-ethyl adjacent to an activating group) is 1. The zero-order valence-electron chi connectivity index (χ0n) is 11.9. The van der Waals surface area contributed by atoms with Crippen molar-refractivity contribution in [2.45, 2.75) is 19.9 Å². The van der Waals surface area contributed by atoms with E-state index in [9.17, 15) is 9.59 Å². The maximum atomic E-state index is 12.6. The van der Waals surface area contributed by atoms with Gasteiger partial charge in [0, 0.05) is 18.4 Å². The summed E-state index contributed by atoms with van der Waals surface area (Å²) in [5.74, 6) is -1.19. The van der Waals surface area contributed by atoms with Gasteiger partial charge in [-0.2, -0.15) is 5.10 Å². The molecule has 1 heterocycles. The minimum atomic E-state index is -1.06. The molecule has 1 aromatic heterocycles. The van der Waals surface area contributed by atoms with Crippen LogP contribution in [0.1, 0.15) is 30.2 Å². The van der Waals surface area contributed by atoms with Crippen LogP contribution in [0.5, 0.6) is 0 Å². The van der Waals surface area contributed by atoms with Gasteiger partial charge in [0.15, 0.2) is 0 Å². The minimum absolute atomic E-state index is 0.0670. The Labute approximate surface area is 122 Å². The van der Waals surface area contributed by atoms with Crippen molar-refractivity contribution >= 4 is 17.6 Å². The van der Waals surface area contributed by atoms with Gasteiger partial charge in [0.05, 0.1) is 11.8 Å². The van der Waals surface area contributed by atoms with E-state index in [1.54, 1.807) is 11.8 Å². The predicted molar refractivity (Wildman–Crippen MR) is 78.4 cm³/mol. The highest BCUT2D eigenvalue weighted by molar-refractivity contribution is 5.96. The number of carboxylic acids is 1. The molecule has 2 rings (SSSR count). The lowest BCUT2D eigenvalue weighted by molar-refractivity contribution is -0.121. The SMILES string of the molecule is CCN(C(=O)C(C)n1cc(C(=O)O)cn1)c1ccccc1. The fourth-order valence-corrected chi connectivity index (χ4v) is 2.07. The number of para-hydroxylation sites is 1. The number of anilines is 1. The van der Waals surface area contributed by atoms with Gasteiger partial charge >= 0.3 is 5.97 Å². The smallest absolute Gasteiger partial charge is 0.338 e. The van der Waals surface area contributed by atoms with Crippen molar-refractivity contribution < 1.29 is 14.7 Å². The summed E-state index contributed by atoms with van der Waals surface area (Å²) in [6.45, 7) is 4.12. The molecule has 0 aliphatic heterocycles. The van der Waals surface area contributed by atoms with Crippen LogP contribution in [-0.2, 0) is 4.79 Å². The van der Waals surface area contributed by atoms with Gasteiger partial charge in [-0.25, -0.2) is 4.79 Å². The molecule has 0 fully saturated rings. The summed E-state index contributed by atoms with van der Waals surface area (Å²) >= 11 is 0. The van der Waals surface area contributed by atoms with Crippen LogP contribution < -0.4 is 4.90 Å². The Hall–Kier alpha value is -2.63. The highest BCUT2D eigenvalue weighted by Crippen LogP contribution is 2.18. The van der Waals surface area contributed by atoms with E-state index < -0.39 is 12.0 Å². The number of amides is 1. The van der Waals surface area contributed by atoms with Crippen LogP contribution in [0.15, 0.2) is 42.7 Å². The summed E-state index contributed by atoms with van der Waals surface area (Å²) in [6, 6.07) is 8.77. The van der Waals surface area contributed by atoms with Gasteiger partial charge in [0.2, 0.25) is 0 Å². The van der Waals surface area contributed by atoms with Crippen molar-refractivity contribution in [3.8, 4) is 0 Å². The number of benzene rings is 1. The van der Waals surface area contributed by atoms with E-state index in [0.717, 1.165) is 5.69 Å². The third-order valence-corrected chi connectivity index (χ3v) is 3.25. The number of hydrogen-bond acceptors (Lipinski definition) is 3. The fraction of sp³-hybridized carbons (Fsp3) is 0.267. The number of aromatic carboxylic acids is 1. The molecular weight excluding hydrogens is 270 g/mol. The van der Waals surface area contributed by atoms with Gasteiger partial charge in [0.25, 0.3) is 5.91 Å². The maximum absolute atomic E-state index is 12.6. The van der Waals surface area contributed by atoms with E-state index in [1.807, 2.05) is 37.3 Å². The minimum Gasteiger partial charge on any atom is -0.478 e. The third kappa shape index (κ3) is 3.10. The predicted octanol–water partition coefficient (Wildman–Crippen LogP) is 2.20. The van der Waals surface area contributed by atoms with Crippen LogP contribution in [-0.4, -0.2) is 33.3 Å². The lowest BCUT2D eigenvalue weighted by atomic mass is 10.2. The molecule has 1 atom stereocenters. The van der Waals surface area contributed by atoms with Crippen LogP contribution in [0.25, 0.3) is 0 Å². The highest BCUT2D eigenvalue weighted by Gasteiger charge is 2.23. The lowest BCUT2D eigenvalue weighted by Gasteiger charge is -2.24. The molecule has 0 radical (unpaired) electrons. The molecule has 0 aliphatic rings. The average Bonchev–Trinajstić information content (AvgIpc) is 2.98. The second kappa shape index (κ2) is 6.21. The zero-order valence-corrected chi connectivity index (χ0v) is 11.9. The van der Waals surface area contributed by atoms with E-state index in [0.29, 0.717) is 6.54 Å². The molecule has 2 aromatic rings. The van der Waals surface area contributed by atoms with Crippen LogP contribution in [0.2, 0.25) is 0 Å². The van der Waals surface area contributed by atoms with Crippen molar-refractivity contribution in [2.75, 3.05) is 11.4 Å². The quantitative estimate of drug-likeness (QED) is 0.914. The molecule has 0 spiro atoms. The zero-order chi connectivity index (χ0) is 15.4. The monoisotopic (exact) mass is 287 g/mol. The average molecular weight is 287 g/mol. The number of nitrogens with zero attached hydrogens (tertiary/aromatic N) is 3. The van der Waals surface area contributed by atoms with Gasteiger partial charge < -0.3 is 10.0 Å². The van der Waals surface area contributed by atoms with Gasteiger partial charge in [-0.1, -0.05) is 18.2 Å². The first-order valence-corrected chi connectivity index (χ1v) is 6.68. The molecule has 0 bridgehead atoms. The maximum Gasteiger partial charge on any atom is 0.338 e. The molecule has 6 heteroatoms. The highest BCUT2D eigenvalue weighted by atomic mass is 16.4. The Bertz CT molecular complexity index is 637. The Kier molecular flexibility index (Phi) is 4.37. The van der Waals surface area contributed by atoms with Crippen LogP contribution in [0.4, 0.5) is 5.69 Å². The normalized spacial score (nSPS) is 11.9. The number of aromatic nitrogens is 2. The van der Waals surface area contributed by atoms with E-state index >= 15 is 0 Å². The molecule has 1 unspecified atom stereocenters. The fourth-order valence-electron chi connectivity index (χ4n) is 2.07. The Morgan fingerprint density at radius 1 is 1.33 bits per heavy atom. The number of carbonyl (C=O) groups is 2. The summed E-state index contributed by atoms with van der Waals surface area (Å²) in [4.78, 5) is 25.1. The second-order valence-corrected chi connectivity index (χ2v) is 4.61. The first-order valence-electron chi connectivity index (χ1n) is 6.68. The number of rotatable bonds is 5. The van der Waals surface area contributed by atoms with E-state index in [1.165, 1.54) is 17.1 Å². The van der Waals surface area contributed by atoms with Crippen molar-refractivity contribution in [2.24, 2.45) is 0 Å². The summed E-state index contributed by atoms with van der Waals surface area (Å²) in [5, 5.41) is 12.9. The Morgan fingerprint density at radius 2 is 2.00 bits per heavy atom. The number of carboxylic acid groups (broad SMARTS) is 1. The molecule has 1 amide bonds. The van der Waals surface area contributed by atoms with Crippen LogP contribution in [0, 0.1) is 0 Å². The molecule has 6 nitrogen and oxygen atoms in total. The molecule has 0 saturated carbocycles. The van der Waals surface area contributed by atoms with Crippen molar-refractivity contribution in [1.29, 1.82) is 0 Å². The van der Waals surface area contributed by atoms with E-state index in [-0.39, 0.29) is 11.5 Å². The van der Waals surface area contributed by atoms with Crippen LogP contribution >= 0.6 is 0 Å².